The van der Waals surface area contributed by atoms with Crippen molar-refractivity contribution in [3.05, 3.63) is 65.2 Å². The molecule has 1 saturated carbocycles. The Kier molecular flexibility index (Phi) is 5.34. The average molecular weight is 321 g/mol. The van der Waals surface area contributed by atoms with Crippen molar-refractivity contribution in [1.82, 2.24) is 0 Å². The minimum atomic E-state index is -0.129. The quantitative estimate of drug-likeness (QED) is 0.732. The Morgan fingerprint density at radius 1 is 0.875 bits per heavy atom. The van der Waals surface area contributed by atoms with Crippen molar-refractivity contribution < 1.29 is 4.79 Å². The number of nitrogens with one attached hydrogen (secondary N) is 1. The third kappa shape index (κ3) is 4.05. The van der Waals surface area contributed by atoms with Gasteiger partial charge in [0.2, 0.25) is 0 Å². The van der Waals surface area contributed by atoms with Crippen LogP contribution in [0.5, 0.6) is 0 Å². The van der Waals surface area contributed by atoms with Gasteiger partial charge >= 0.3 is 0 Å². The van der Waals surface area contributed by atoms with Crippen LogP contribution in [0.25, 0.3) is 0 Å². The Balaban J connectivity index is 1.84. The number of hydrogen-bond donors (Lipinski definition) is 1. The first-order valence-corrected chi connectivity index (χ1v) is 9.07. The van der Waals surface area contributed by atoms with Crippen LogP contribution in [-0.4, -0.2) is 11.8 Å². The number of rotatable bonds is 5. The Hall–Kier alpha value is -2.09. The van der Waals surface area contributed by atoms with Crippen molar-refractivity contribution in [3.8, 4) is 0 Å². The number of benzene rings is 2. The second-order valence-electron chi connectivity index (χ2n) is 7.12. The maximum atomic E-state index is 13.2. The van der Waals surface area contributed by atoms with E-state index in [-0.39, 0.29) is 11.8 Å². The summed E-state index contributed by atoms with van der Waals surface area (Å²) in [5.74, 6) is 0.649. The molecule has 1 N–H and O–H groups in total. The zero-order valence-corrected chi connectivity index (χ0v) is 14.7. The van der Waals surface area contributed by atoms with E-state index in [9.17, 15) is 4.79 Å². The number of ketones is 1. The van der Waals surface area contributed by atoms with Gasteiger partial charge in [-0.2, -0.15) is 0 Å². The predicted octanol–water partition coefficient (Wildman–Crippen LogP) is 5.55. The van der Waals surface area contributed by atoms with Gasteiger partial charge in [0.25, 0.3) is 0 Å². The highest BCUT2D eigenvalue weighted by Gasteiger charge is 2.30. The minimum Gasteiger partial charge on any atom is -0.375 e. The fraction of sp³-hybridized carbons (Fsp3) is 0.409. The molecule has 0 aliphatic heterocycles. The Morgan fingerprint density at radius 3 is 2.00 bits per heavy atom. The van der Waals surface area contributed by atoms with Crippen molar-refractivity contribution in [3.63, 3.8) is 0 Å². The number of anilines is 1. The molecule has 2 aromatic carbocycles. The van der Waals surface area contributed by atoms with E-state index in [4.69, 9.17) is 0 Å². The Bertz CT molecular complexity index is 666. The summed E-state index contributed by atoms with van der Waals surface area (Å²) in [5.41, 5.74) is 4.28. The molecular weight excluding hydrogens is 294 g/mol. The Morgan fingerprint density at radius 2 is 1.42 bits per heavy atom. The van der Waals surface area contributed by atoms with Crippen LogP contribution in [0.15, 0.2) is 48.5 Å². The van der Waals surface area contributed by atoms with Gasteiger partial charge < -0.3 is 5.32 Å². The van der Waals surface area contributed by atoms with E-state index in [1.807, 2.05) is 24.3 Å². The lowest BCUT2D eigenvalue weighted by atomic mass is 9.81. The normalized spacial score (nSPS) is 16.6. The van der Waals surface area contributed by atoms with E-state index in [0.29, 0.717) is 5.92 Å². The van der Waals surface area contributed by atoms with Crippen LogP contribution in [0.3, 0.4) is 0 Å². The maximum Gasteiger partial charge on any atom is 0.185 e. The van der Waals surface area contributed by atoms with Gasteiger partial charge in [-0.15, -0.1) is 0 Å². The molecule has 1 atom stereocenters. The SMILES string of the molecule is Cc1ccc(NC(C(=O)c2ccc(C)cc2)C2CCCCC2)cc1. The number of carbonyl (C=O) groups excluding carboxylic acids is 1. The van der Waals surface area contributed by atoms with Crippen molar-refractivity contribution in [2.45, 2.75) is 52.0 Å². The number of Topliss-reactive ketones (excluding diaryl/α,β-unsaturated/α-hetero) is 1. The molecule has 2 nitrogen and oxygen atoms in total. The summed E-state index contributed by atoms with van der Waals surface area (Å²) < 4.78 is 0. The van der Waals surface area contributed by atoms with Crippen molar-refractivity contribution in [2.75, 3.05) is 5.32 Å². The fourth-order valence-electron chi connectivity index (χ4n) is 3.59. The molecule has 0 bridgehead atoms. The molecule has 3 rings (SSSR count). The Labute approximate surface area is 145 Å². The molecule has 1 aliphatic rings. The summed E-state index contributed by atoms with van der Waals surface area (Å²) >= 11 is 0. The van der Waals surface area contributed by atoms with Crippen LogP contribution in [0.4, 0.5) is 5.69 Å². The second-order valence-corrected chi connectivity index (χ2v) is 7.12. The first-order chi connectivity index (χ1) is 11.6. The fourth-order valence-corrected chi connectivity index (χ4v) is 3.59. The molecule has 1 fully saturated rings. The molecule has 126 valence electrons. The lowest BCUT2D eigenvalue weighted by Gasteiger charge is -2.31. The first kappa shape index (κ1) is 16.8. The van der Waals surface area contributed by atoms with E-state index >= 15 is 0 Å². The molecule has 0 amide bonds. The average Bonchev–Trinajstić information content (AvgIpc) is 2.62. The van der Waals surface area contributed by atoms with Gasteiger partial charge in [-0.3, -0.25) is 4.79 Å². The molecule has 0 radical (unpaired) electrons. The molecule has 1 unspecified atom stereocenters. The van der Waals surface area contributed by atoms with Gasteiger partial charge in [0.1, 0.15) is 0 Å². The summed E-state index contributed by atoms with van der Waals surface area (Å²) in [4.78, 5) is 13.2. The molecule has 2 heteroatoms. The van der Waals surface area contributed by atoms with E-state index in [1.165, 1.54) is 30.4 Å². The molecule has 24 heavy (non-hydrogen) atoms. The van der Waals surface area contributed by atoms with E-state index < -0.39 is 0 Å². The standard InChI is InChI=1S/C22H27NO/c1-16-8-12-19(13-9-16)22(24)21(18-6-4-3-5-7-18)23-20-14-10-17(2)11-15-20/h8-15,18,21,23H,3-7H2,1-2H3. The highest BCUT2D eigenvalue weighted by molar-refractivity contribution is 6.01. The molecule has 2 aromatic rings. The smallest absolute Gasteiger partial charge is 0.185 e. The molecule has 0 aromatic heterocycles. The first-order valence-electron chi connectivity index (χ1n) is 9.07. The third-order valence-corrected chi connectivity index (χ3v) is 5.11. The summed E-state index contributed by atoms with van der Waals surface area (Å²) in [6, 6.07) is 16.2. The lowest BCUT2D eigenvalue weighted by molar-refractivity contribution is 0.0929. The van der Waals surface area contributed by atoms with Crippen LogP contribution in [0.1, 0.15) is 53.6 Å². The largest absolute Gasteiger partial charge is 0.375 e. The molecule has 0 heterocycles. The van der Waals surface area contributed by atoms with Crippen LogP contribution >= 0.6 is 0 Å². The van der Waals surface area contributed by atoms with E-state index in [2.05, 4.69) is 43.4 Å². The van der Waals surface area contributed by atoms with Crippen molar-refractivity contribution in [2.24, 2.45) is 5.92 Å². The van der Waals surface area contributed by atoms with Crippen molar-refractivity contribution in [1.29, 1.82) is 0 Å². The second kappa shape index (κ2) is 7.65. The molecule has 0 saturated heterocycles. The maximum absolute atomic E-state index is 13.2. The van der Waals surface area contributed by atoms with E-state index in [1.54, 1.807) is 0 Å². The van der Waals surface area contributed by atoms with Gasteiger partial charge in [0.15, 0.2) is 5.78 Å². The monoisotopic (exact) mass is 321 g/mol. The van der Waals surface area contributed by atoms with Gasteiger partial charge in [-0.1, -0.05) is 66.8 Å². The molecule has 0 spiro atoms. The van der Waals surface area contributed by atoms with Gasteiger partial charge in [0.05, 0.1) is 6.04 Å². The highest BCUT2D eigenvalue weighted by atomic mass is 16.1. The topological polar surface area (TPSA) is 29.1 Å². The molecule has 1 aliphatic carbocycles. The van der Waals surface area contributed by atoms with E-state index in [0.717, 1.165) is 24.1 Å². The zero-order chi connectivity index (χ0) is 16.9. The van der Waals surface area contributed by atoms with Crippen LogP contribution in [-0.2, 0) is 0 Å². The summed E-state index contributed by atoms with van der Waals surface area (Å²) in [5, 5.41) is 3.54. The van der Waals surface area contributed by atoms with Crippen LogP contribution in [0, 0.1) is 19.8 Å². The number of carbonyl (C=O) groups is 1. The summed E-state index contributed by atoms with van der Waals surface area (Å²) in [6.07, 6.45) is 6.05. The predicted molar refractivity (Wildman–Crippen MR) is 101 cm³/mol. The van der Waals surface area contributed by atoms with Gasteiger partial charge in [-0.25, -0.2) is 0 Å². The summed E-state index contributed by atoms with van der Waals surface area (Å²) in [7, 11) is 0. The number of aryl methyl sites for hydroxylation is 2. The summed E-state index contributed by atoms with van der Waals surface area (Å²) in [6.45, 7) is 4.14. The lowest BCUT2D eigenvalue weighted by Crippen LogP contribution is -2.38. The van der Waals surface area contributed by atoms with Crippen LogP contribution < -0.4 is 5.32 Å². The van der Waals surface area contributed by atoms with Gasteiger partial charge in [0, 0.05) is 11.3 Å². The van der Waals surface area contributed by atoms with Gasteiger partial charge in [-0.05, 0) is 44.7 Å². The number of hydrogen-bond acceptors (Lipinski definition) is 2. The minimum absolute atomic E-state index is 0.129. The van der Waals surface area contributed by atoms with Crippen LogP contribution in [0.2, 0.25) is 0 Å². The zero-order valence-electron chi connectivity index (χ0n) is 14.7. The highest BCUT2D eigenvalue weighted by Crippen LogP contribution is 2.30. The van der Waals surface area contributed by atoms with Crippen molar-refractivity contribution >= 4 is 11.5 Å². The molecular formula is C22H27NO. The third-order valence-electron chi connectivity index (χ3n) is 5.11.